The predicted molar refractivity (Wildman–Crippen MR) is 115 cm³/mol. The zero-order valence-electron chi connectivity index (χ0n) is 17.0. The molecule has 0 radical (unpaired) electrons. The van der Waals surface area contributed by atoms with Crippen molar-refractivity contribution in [3.05, 3.63) is 59.9 Å². The summed E-state index contributed by atoms with van der Waals surface area (Å²) in [5.41, 5.74) is 1.71. The van der Waals surface area contributed by atoms with Crippen molar-refractivity contribution in [2.24, 2.45) is 0 Å². The topological polar surface area (TPSA) is 70.6 Å². The number of nitrogens with zero attached hydrogens (tertiary/aromatic N) is 4. The van der Waals surface area contributed by atoms with Gasteiger partial charge in [-0.05, 0) is 12.0 Å². The molecule has 7 heteroatoms. The normalized spacial score (nSPS) is 15.0. The fourth-order valence-corrected chi connectivity index (χ4v) is 3.15. The number of hydrogen-bond donors (Lipinski definition) is 1. The second kappa shape index (κ2) is 11.3. The Hall–Kier alpha value is -2.77. The number of amides is 1. The van der Waals surface area contributed by atoms with E-state index in [1.807, 2.05) is 6.07 Å². The monoisotopic (exact) mass is 395 g/mol. The molecule has 1 aliphatic heterocycles. The molecule has 1 fully saturated rings. The van der Waals surface area contributed by atoms with Crippen molar-refractivity contribution >= 4 is 17.9 Å². The first-order chi connectivity index (χ1) is 14.3. The Bertz CT molecular complexity index is 772. The third kappa shape index (κ3) is 6.66. The minimum atomic E-state index is -0.150. The van der Waals surface area contributed by atoms with Gasteiger partial charge in [0.2, 0.25) is 5.95 Å². The van der Waals surface area contributed by atoms with Crippen LogP contribution in [0.2, 0.25) is 0 Å². The van der Waals surface area contributed by atoms with Crippen LogP contribution in [0.1, 0.15) is 22.3 Å². The molecule has 154 valence electrons. The Kier molecular flexibility index (Phi) is 8.15. The van der Waals surface area contributed by atoms with Gasteiger partial charge in [0, 0.05) is 65.4 Å². The summed E-state index contributed by atoms with van der Waals surface area (Å²) >= 11 is 0. The van der Waals surface area contributed by atoms with Crippen molar-refractivity contribution in [1.82, 2.24) is 20.2 Å². The maximum Gasteiger partial charge on any atom is 0.254 e. The Morgan fingerprint density at radius 2 is 1.86 bits per heavy atom. The van der Waals surface area contributed by atoms with Crippen molar-refractivity contribution < 1.29 is 9.53 Å². The van der Waals surface area contributed by atoms with Gasteiger partial charge in [0.05, 0.1) is 5.56 Å². The van der Waals surface area contributed by atoms with Crippen LogP contribution in [-0.2, 0) is 4.74 Å². The summed E-state index contributed by atoms with van der Waals surface area (Å²) in [6.45, 7) is 5.82. The molecule has 0 aliphatic carbocycles. The lowest BCUT2D eigenvalue weighted by atomic mass is 10.2. The van der Waals surface area contributed by atoms with E-state index in [-0.39, 0.29) is 5.91 Å². The lowest BCUT2D eigenvalue weighted by Gasteiger charge is -2.34. The first-order valence-corrected chi connectivity index (χ1v) is 10.0. The van der Waals surface area contributed by atoms with Crippen LogP contribution in [0.25, 0.3) is 6.08 Å². The first-order valence-electron chi connectivity index (χ1n) is 10.0. The molecule has 2 heterocycles. The zero-order valence-corrected chi connectivity index (χ0v) is 17.0. The van der Waals surface area contributed by atoms with E-state index in [4.69, 9.17) is 4.74 Å². The van der Waals surface area contributed by atoms with Crippen LogP contribution in [0.5, 0.6) is 0 Å². The molecule has 0 unspecified atom stereocenters. The van der Waals surface area contributed by atoms with Crippen LogP contribution in [0.4, 0.5) is 5.95 Å². The van der Waals surface area contributed by atoms with E-state index in [1.54, 1.807) is 19.5 Å². The quantitative estimate of drug-likeness (QED) is 0.656. The van der Waals surface area contributed by atoms with E-state index in [2.05, 4.69) is 61.5 Å². The highest BCUT2D eigenvalue weighted by molar-refractivity contribution is 5.93. The number of carbonyl (C=O) groups is 1. The van der Waals surface area contributed by atoms with Crippen molar-refractivity contribution in [3.8, 4) is 0 Å². The van der Waals surface area contributed by atoms with Gasteiger partial charge in [-0.1, -0.05) is 42.5 Å². The van der Waals surface area contributed by atoms with Gasteiger partial charge in [0.1, 0.15) is 0 Å². The highest BCUT2D eigenvalue weighted by Gasteiger charge is 2.18. The maximum atomic E-state index is 12.1. The van der Waals surface area contributed by atoms with E-state index >= 15 is 0 Å². The fourth-order valence-electron chi connectivity index (χ4n) is 3.15. The molecule has 0 atom stereocenters. The van der Waals surface area contributed by atoms with Crippen LogP contribution in [0.3, 0.4) is 0 Å². The molecule has 1 aromatic heterocycles. The number of hydrogen-bond acceptors (Lipinski definition) is 6. The molecule has 0 saturated carbocycles. The molecule has 2 aromatic rings. The molecule has 1 aromatic carbocycles. The summed E-state index contributed by atoms with van der Waals surface area (Å²) in [5, 5.41) is 2.84. The molecule has 1 saturated heterocycles. The number of nitrogens with one attached hydrogen (secondary N) is 1. The number of methoxy groups -OCH3 is 1. The van der Waals surface area contributed by atoms with Gasteiger partial charge < -0.3 is 15.0 Å². The Morgan fingerprint density at radius 1 is 1.14 bits per heavy atom. The van der Waals surface area contributed by atoms with Crippen molar-refractivity contribution in [1.29, 1.82) is 0 Å². The molecule has 0 bridgehead atoms. The van der Waals surface area contributed by atoms with Crippen LogP contribution in [-0.4, -0.2) is 73.8 Å². The van der Waals surface area contributed by atoms with Crippen LogP contribution in [0.15, 0.2) is 48.8 Å². The third-order valence-corrected chi connectivity index (χ3v) is 4.84. The van der Waals surface area contributed by atoms with E-state index in [9.17, 15) is 4.79 Å². The minimum absolute atomic E-state index is 0.150. The second-order valence-corrected chi connectivity index (χ2v) is 6.97. The largest absolute Gasteiger partial charge is 0.385 e. The van der Waals surface area contributed by atoms with Crippen LogP contribution < -0.4 is 10.2 Å². The average molecular weight is 396 g/mol. The van der Waals surface area contributed by atoms with Gasteiger partial charge in [0.25, 0.3) is 5.91 Å². The lowest BCUT2D eigenvalue weighted by Crippen LogP contribution is -2.47. The van der Waals surface area contributed by atoms with Crippen molar-refractivity contribution in [3.63, 3.8) is 0 Å². The summed E-state index contributed by atoms with van der Waals surface area (Å²) in [6.07, 6.45) is 8.36. The number of benzene rings is 1. The number of aromatic nitrogens is 2. The summed E-state index contributed by atoms with van der Waals surface area (Å²) < 4.78 is 4.97. The fraction of sp³-hybridized carbons (Fsp3) is 0.409. The molecule has 0 spiro atoms. The van der Waals surface area contributed by atoms with E-state index in [0.717, 1.165) is 39.1 Å². The van der Waals surface area contributed by atoms with Gasteiger partial charge >= 0.3 is 0 Å². The van der Waals surface area contributed by atoms with Gasteiger partial charge in [-0.2, -0.15) is 0 Å². The Labute approximate surface area is 172 Å². The summed E-state index contributed by atoms with van der Waals surface area (Å²) in [5.74, 6) is 0.531. The highest BCUT2D eigenvalue weighted by Crippen LogP contribution is 2.11. The summed E-state index contributed by atoms with van der Waals surface area (Å²) in [7, 11) is 1.65. The highest BCUT2D eigenvalue weighted by atomic mass is 16.5. The zero-order chi connectivity index (χ0) is 20.3. The number of piperazine rings is 1. The molecule has 1 N–H and O–H groups in total. The smallest absolute Gasteiger partial charge is 0.254 e. The van der Waals surface area contributed by atoms with Crippen LogP contribution in [0, 0.1) is 0 Å². The standard InChI is InChI=1S/C22H29N5O2/c1-29-16-6-10-23-21(28)20-17-24-22(25-18-20)27-14-12-26(13-15-27)11-5-9-19-7-3-2-4-8-19/h2-5,7-9,17-18H,6,10-16H2,1H3,(H,23,28)/b9-5+. The van der Waals surface area contributed by atoms with E-state index < -0.39 is 0 Å². The number of ether oxygens (including phenoxy) is 1. The van der Waals surface area contributed by atoms with Crippen LogP contribution >= 0.6 is 0 Å². The van der Waals surface area contributed by atoms with Gasteiger partial charge in [-0.3, -0.25) is 9.69 Å². The van der Waals surface area contributed by atoms with Crippen molar-refractivity contribution in [2.75, 3.05) is 57.9 Å². The van der Waals surface area contributed by atoms with Gasteiger partial charge in [-0.15, -0.1) is 0 Å². The Balaban J connectivity index is 1.42. The molecular weight excluding hydrogens is 366 g/mol. The molecular formula is C22H29N5O2. The number of anilines is 1. The Morgan fingerprint density at radius 3 is 2.55 bits per heavy atom. The molecule has 29 heavy (non-hydrogen) atoms. The molecule has 1 amide bonds. The molecule has 3 rings (SSSR count). The maximum absolute atomic E-state index is 12.1. The first kappa shape index (κ1) is 21.0. The van der Waals surface area contributed by atoms with E-state index in [0.29, 0.717) is 24.7 Å². The summed E-state index contributed by atoms with van der Waals surface area (Å²) in [6, 6.07) is 10.3. The van der Waals surface area contributed by atoms with Crippen molar-refractivity contribution in [2.45, 2.75) is 6.42 Å². The molecule has 1 aliphatic rings. The predicted octanol–water partition coefficient (Wildman–Crippen LogP) is 2.08. The third-order valence-electron chi connectivity index (χ3n) is 4.84. The summed E-state index contributed by atoms with van der Waals surface area (Å²) in [4.78, 5) is 25.4. The number of rotatable bonds is 9. The van der Waals surface area contributed by atoms with E-state index in [1.165, 1.54) is 5.56 Å². The van der Waals surface area contributed by atoms with Gasteiger partial charge in [-0.25, -0.2) is 9.97 Å². The second-order valence-electron chi connectivity index (χ2n) is 6.97. The number of carbonyl (C=O) groups excluding carboxylic acids is 1. The van der Waals surface area contributed by atoms with Gasteiger partial charge in [0.15, 0.2) is 0 Å². The SMILES string of the molecule is COCCCNC(=O)c1cnc(N2CCN(C/C=C/c3ccccc3)CC2)nc1. The average Bonchev–Trinajstić information content (AvgIpc) is 2.78. The molecule has 7 nitrogen and oxygen atoms in total. The lowest BCUT2D eigenvalue weighted by molar-refractivity contribution is 0.0948. The minimum Gasteiger partial charge on any atom is -0.385 e.